The van der Waals surface area contributed by atoms with Crippen molar-refractivity contribution in [2.75, 3.05) is 13.2 Å². The first-order valence-electron chi connectivity index (χ1n) is 15.2. The van der Waals surface area contributed by atoms with Crippen molar-refractivity contribution in [2.45, 2.75) is 45.0 Å². The predicted molar refractivity (Wildman–Crippen MR) is 160 cm³/mol. The van der Waals surface area contributed by atoms with E-state index in [1.54, 1.807) is 0 Å². The molecular formula is C36H28F10O3. The summed E-state index contributed by atoms with van der Waals surface area (Å²) in [7, 11) is 0. The Morgan fingerprint density at radius 2 is 1.33 bits per heavy atom. The molecule has 0 aromatic heterocycles. The first-order chi connectivity index (χ1) is 23.3. The van der Waals surface area contributed by atoms with Crippen molar-refractivity contribution < 1.29 is 58.1 Å². The standard InChI is InChI=1S/C36H28F10O3/c1-2-3-4-5-19-17-47-35(48-18-19)34(44)32(42)21-7-11-26(29(39)13-21)36(45,46)49-23-8-10-24(28(38)16-23)20-6-9-25(27(37)12-20)22-14-30(40)33(43)31(41)15-22/h6-16,19,35H,2-5,17-18H2,1H3. The van der Waals surface area contributed by atoms with Crippen molar-refractivity contribution in [1.29, 1.82) is 0 Å². The van der Waals surface area contributed by atoms with Gasteiger partial charge in [0.25, 0.3) is 0 Å². The van der Waals surface area contributed by atoms with E-state index in [0.29, 0.717) is 36.4 Å². The van der Waals surface area contributed by atoms with Crippen molar-refractivity contribution in [1.82, 2.24) is 0 Å². The fraction of sp³-hybridized carbons (Fsp3) is 0.278. The number of hydrogen-bond acceptors (Lipinski definition) is 3. The quantitative estimate of drug-likeness (QED) is 0.0887. The van der Waals surface area contributed by atoms with Gasteiger partial charge in [-0.15, -0.1) is 0 Å². The molecule has 0 amide bonds. The number of alkyl halides is 2. The van der Waals surface area contributed by atoms with Gasteiger partial charge in [0.1, 0.15) is 23.2 Å². The van der Waals surface area contributed by atoms with Crippen molar-refractivity contribution in [3.8, 4) is 28.0 Å². The lowest BCUT2D eigenvalue weighted by atomic mass is 9.99. The molecule has 0 N–H and O–H groups in total. The van der Waals surface area contributed by atoms with Crippen LogP contribution in [0.25, 0.3) is 28.1 Å². The van der Waals surface area contributed by atoms with Crippen LogP contribution in [0.1, 0.15) is 43.7 Å². The van der Waals surface area contributed by atoms with Crippen LogP contribution < -0.4 is 4.74 Å². The Labute approximate surface area is 274 Å². The lowest BCUT2D eigenvalue weighted by molar-refractivity contribution is -0.189. The van der Waals surface area contributed by atoms with Gasteiger partial charge in [-0.1, -0.05) is 44.4 Å². The topological polar surface area (TPSA) is 27.7 Å². The van der Waals surface area contributed by atoms with Crippen LogP contribution in [0, 0.1) is 40.8 Å². The second kappa shape index (κ2) is 15.0. The monoisotopic (exact) mass is 698 g/mol. The maximum absolute atomic E-state index is 15.0. The number of ether oxygens (including phenoxy) is 3. The first kappa shape index (κ1) is 35.9. The Hall–Kier alpha value is -4.36. The van der Waals surface area contributed by atoms with Crippen molar-refractivity contribution in [2.24, 2.45) is 5.92 Å². The molecule has 3 nitrogen and oxygen atoms in total. The zero-order valence-corrected chi connectivity index (χ0v) is 25.8. The van der Waals surface area contributed by atoms with Crippen molar-refractivity contribution in [3.63, 3.8) is 0 Å². The SMILES string of the molecule is CCCCCC1COC(C(F)=C(F)c2ccc(C(F)(F)Oc3ccc(-c4ccc(-c5cc(F)c(F)c(F)c5)c(F)c4)c(F)c3)c(F)c2)OC1. The molecule has 1 aliphatic rings. The maximum Gasteiger partial charge on any atom is 0.429 e. The third-order valence-electron chi connectivity index (χ3n) is 7.90. The highest BCUT2D eigenvalue weighted by atomic mass is 19.3. The lowest BCUT2D eigenvalue weighted by Gasteiger charge is -2.28. The Bertz CT molecular complexity index is 1830. The highest BCUT2D eigenvalue weighted by Crippen LogP contribution is 2.38. The van der Waals surface area contributed by atoms with Gasteiger partial charge in [0, 0.05) is 28.7 Å². The summed E-state index contributed by atoms with van der Waals surface area (Å²) in [6, 6.07) is 8.14. The molecule has 0 bridgehead atoms. The Morgan fingerprint density at radius 3 is 1.94 bits per heavy atom. The van der Waals surface area contributed by atoms with Crippen molar-refractivity contribution >= 4 is 5.83 Å². The summed E-state index contributed by atoms with van der Waals surface area (Å²) in [4.78, 5) is 0. The molecule has 0 radical (unpaired) electrons. The van der Waals surface area contributed by atoms with Crippen LogP contribution in [-0.4, -0.2) is 19.5 Å². The Kier molecular flexibility index (Phi) is 11.0. The van der Waals surface area contributed by atoms with Gasteiger partial charge in [0.2, 0.25) is 6.29 Å². The molecule has 0 saturated carbocycles. The summed E-state index contributed by atoms with van der Waals surface area (Å²) >= 11 is 0. The van der Waals surface area contributed by atoms with Crippen molar-refractivity contribution in [3.05, 3.63) is 119 Å². The highest BCUT2D eigenvalue weighted by Gasteiger charge is 2.38. The maximum atomic E-state index is 15.0. The number of halogens is 10. The van der Waals surface area contributed by atoms with E-state index in [0.717, 1.165) is 49.9 Å². The van der Waals surface area contributed by atoms with E-state index < -0.39 is 75.8 Å². The summed E-state index contributed by atoms with van der Waals surface area (Å²) in [5, 5.41) is 0. The normalized spacial score (nSPS) is 17.2. The molecule has 1 saturated heterocycles. The fourth-order valence-electron chi connectivity index (χ4n) is 5.29. The Balaban J connectivity index is 1.28. The van der Waals surface area contributed by atoms with Gasteiger partial charge in [0.15, 0.2) is 29.1 Å². The number of unbranched alkanes of at least 4 members (excludes halogenated alkanes) is 2. The van der Waals surface area contributed by atoms with E-state index in [2.05, 4.69) is 4.74 Å². The predicted octanol–water partition coefficient (Wildman–Crippen LogP) is 11.2. The second-order valence-electron chi connectivity index (χ2n) is 11.4. The second-order valence-corrected chi connectivity index (χ2v) is 11.4. The summed E-state index contributed by atoms with van der Waals surface area (Å²) in [5.74, 6) is -12.5. The van der Waals surface area contributed by atoms with Crippen LogP contribution >= 0.6 is 0 Å². The minimum atomic E-state index is -4.41. The molecule has 49 heavy (non-hydrogen) atoms. The van der Waals surface area contributed by atoms with E-state index in [-0.39, 0.29) is 41.4 Å². The third kappa shape index (κ3) is 8.10. The van der Waals surface area contributed by atoms with E-state index in [1.165, 1.54) is 6.07 Å². The van der Waals surface area contributed by atoms with Crippen LogP contribution in [0.15, 0.2) is 72.6 Å². The number of hydrogen-bond donors (Lipinski definition) is 0. The van der Waals surface area contributed by atoms with E-state index in [1.807, 2.05) is 6.92 Å². The van der Waals surface area contributed by atoms with Gasteiger partial charge >= 0.3 is 6.11 Å². The lowest BCUT2D eigenvalue weighted by Crippen LogP contribution is -2.32. The first-order valence-corrected chi connectivity index (χ1v) is 15.2. The highest BCUT2D eigenvalue weighted by molar-refractivity contribution is 5.72. The molecule has 1 fully saturated rings. The van der Waals surface area contributed by atoms with Crippen LogP contribution in [-0.2, 0) is 15.6 Å². The Morgan fingerprint density at radius 1 is 0.714 bits per heavy atom. The molecule has 0 aliphatic carbocycles. The summed E-state index contributed by atoms with van der Waals surface area (Å²) in [5.41, 5.74) is -3.09. The molecular weight excluding hydrogens is 670 g/mol. The molecule has 1 aliphatic heterocycles. The number of rotatable bonds is 11. The smallest absolute Gasteiger partial charge is 0.429 e. The van der Waals surface area contributed by atoms with Gasteiger partial charge in [0.05, 0.1) is 18.8 Å². The van der Waals surface area contributed by atoms with Crippen LogP contribution in [0.4, 0.5) is 43.9 Å². The van der Waals surface area contributed by atoms with Gasteiger partial charge in [-0.25, -0.2) is 35.1 Å². The molecule has 0 atom stereocenters. The summed E-state index contributed by atoms with van der Waals surface area (Å²) in [6.45, 7) is 2.29. The van der Waals surface area contributed by atoms with Gasteiger partial charge in [-0.2, -0.15) is 8.78 Å². The molecule has 4 aromatic rings. The summed E-state index contributed by atoms with van der Waals surface area (Å²) < 4.78 is 160. The minimum absolute atomic E-state index is 0.00670. The molecule has 0 spiro atoms. The molecule has 260 valence electrons. The van der Waals surface area contributed by atoms with E-state index in [9.17, 15) is 43.9 Å². The summed E-state index contributed by atoms with van der Waals surface area (Å²) in [6.07, 6.45) is -2.35. The zero-order valence-electron chi connectivity index (χ0n) is 25.8. The average Bonchev–Trinajstić information content (AvgIpc) is 3.06. The fourth-order valence-corrected chi connectivity index (χ4v) is 5.29. The largest absolute Gasteiger partial charge is 0.429 e. The van der Waals surface area contributed by atoms with Gasteiger partial charge in [-0.05, 0) is 60.0 Å². The molecule has 1 heterocycles. The van der Waals surface area contributed by atoms with Crippen LogP contribution in [0.2, 0.25) is 0 Å². The third-order valence-corrected chi connectivity index (χ3v) is 7.90. The van der Waals surface area contributed by atoms with E-state index in [4.69, 9.17) is 9.47 Å². The van der Waals surface area contributed by atoms with Crippen LogP contribution in [0.3, 0.4) is 0 Å². The van der Waals surface area contributed by atoms with Gasteiger partial charge < -0.3 is 14.2 Å². The van der Waals surface area contributed by atoms with Gasteiger partial charge in [-0.3, -0.25) is 0 Å². The molecule has 4 aromatic carbocycles. The van der Waals surface area contributed by atoms with Crippen LogP contribution in [0.5, 0.6) is 5.75 Å². The average molecular weight is 699 g/mol. The molecule has 0 unspecified atom stereocenters. The zero-order chi connectivity index (χ0) is 35.5. The van der Waals surface area contributed by atoms with E-state index >= 15 is 0 Å². The number of benzene rings is 4. The molecule has 5 rings (SSSR count). The minimum Gasteiger partial charge on any atom is -0.429 e. The molecule has 13 heteroatoms.